The van der Waals surface area contributed by atoms with Crippen LogP contribution in [0, 0.1) is 23.7 Å². The maximum Gasteiger partial charge on any atom is -0.00434 e. The average molecular weight is 127 g/mol. The van der Waals surface area contributed by atoms with Gasteiger partial charge in [-0.2, -0.15) is 0 Å². The maximum atomic E-state index is 5.55. The number of hydrogen-bond acceptors (Lipinski definition) is 1. The van der Waals surface area contributed by atoms with E-state index in [0.717, 1.165) is 30.2 Å². The van der Waals surface area contributed by atoms with Crippen LogP contribution in [-0.2, 0) is 0 Å². The van der Waals surface area contributed by atoms with Gasteiger partial charge in [0.25, 0.3) is 0 Å². The molecule has 3 atom stereocenters. The minimum absolute atomic E-state index is 0.838. The van der Waals surface area contributed by atoms with Gasteiger partial charge in [-0.3, -0.25) is 0 Å². The zero-order chi connectivity index (χ0) is 7.02. The highest BCUT2D eigenvalue weighted by molar-refractivity contribution is 4.95. The lowest BCUT2D eigenvalue weighted by Gasteiger charge is -1.99. The van der Waals surface area contributed by atoms with Crippen molar-refractivity contribution in [3.63, 3.8) is 0 Å². The van der Waals surface area contributed by atoms with Crippen molar-refractivity contribution >= 4 is 0 Å². The molecule has 1 nitrogen and oxygen atoms in total. The summed E-state index contributed by atoms with van der Waals surface area (Å²) in [4.78, 5) is 0. The van der Waals surface area contributed by atoms with Crippen LogP contribution in [0.1, 0.15) is 20.8 Å². The minimum Gasteiger partial charge on any atom is -0.330 e. The maximum absolute atomic E-state index is 5.55. The van der Waals surface area contributed by atoms with Crippen LogP contribution >= 0.6 is 0 Å². The Kier molecular flexibility index (Phi) is 1.80. The van der Waals surface area contributed by atoms with Crippen LogP contribution in [0.15, 0.2) is 0 Å². The van der Waals surface area contributed by atoms with Gasteiger partial charge < -0.3 is 5.73 Å². The fourth-order valence-electron chi connectivity index (χ4n) is 2.05. The van der Waals surface area contributed by atoms with Gasteiger partial charge in [-0.05, 0) is 30.2 Å². The SMILES string of the molecule is CC(C)C1C(C)C1CN. The molecule has 0 aliphatic heterocycles. The van der Waals surface area contributed by atoms with Crippen molar-refractivity contribution in [2.45, 2.75) is 20.8 Å². The van der Waals surface area contributed by atoms with Gasteiger partial charge in [-0.25, -0.2) is 0 Å². The molecular weight excluding hydrogens is 110 g/mol. The zero-order valence-electron chi connectivity index (χ0n) is 6.59. The molecule has 1 rings (SSSR count). The Balaban J connectivity index is 2.33. The Morgan fingerprint density at radius 3 is 2.11 bits per heavy atom. The fraction of sp³-hybridized carbons (Fsp3) is 1.00. The summed E-state index contributed by atoms with van der Waals surface area (Å²) in [5.74, 6) is 3.50. The summed E-state index contributed by atoms with van der Waals surface area (Å²) in [6.45, 7) is 7.78. The molecule has 1 fully saturated rings. The molecule has 0 spiro atoms. The van der Waals surface area contributed by atoms with Crippen LogP contribution in [0.4, 0.5) is 0 Å². The standard InChI is InChI=1S/C8H17N/c1-5(2)8-6(3)7(8)4-9/h5-8H,4,9H2,1-3H3. The Morgan fingerprint density at radius 2 is 2.00 bits per heavy atom. The molecule has 0 aromatic carbocycles. The second-order valence-electron chi connectivity index (χ2n) is 3.58. The van der Waals surface area contributed by atoms with Crippen molar-refractivity contribution in [2.75, 3.05) is 6.54 Å². The van der Waals surface area contributed by atoms with Crippen LogP contribution in [-0.4, -0.2) is 6.54 Å². The largest absolute Gasteiger partial charge is 0.330 e. The minimum atomic E-state index is 0.838. The van der Waals surface area contributed by atoms with Crippen molar-refractivity contribution < 1.29 is 0 Å². The van der Waals surface area contributed by atoms with E-state index < -0.39 is 0 Å². The van der Waals surface area contributed by atoms with Crippen molar-refractivity contribution in [1.82, 2.24) is 0 Å². The molecule has 0 amide bonds. The van der Waals surface area contributed by atoms with Gasteiger partial charge >= 0.3 is 0 Å². The molecule has 1 aliphatic carbocycles. The molecule has 0 saturated heterocycles. The van der Waals surface area contributed by atoms with Crippen molar-refractivity contribution in [2.24, 2.45) is 29.4 Å². The third kappa shape index (κ3) is 1.11. The van der Waals surface area contributed by atoms with E-state index in [1.807, 2.05) is 0 Å². The first kappa shape index (κ1) is 7.07. The van der Waals surface area contributed by atoms with E-state index in [2.05, 4.69) is 20.8 Å². The lowest BCUT2D eigenvalue weighted by Crippen LogP contribution is -2.04. The summed E-state index contributed by atoms with van der Waals surface area (Å²) in [5.41, 5.74) is 5.55. The molecule has 1 saturated carbocycles. The lowest BCUT2D eigenvalue weighted by molar-refractivity contribution is 0.508. The molecule has 54 valence electrons. The predicted molar refractivity (Wildman–Crippen MR) is 40.0 cm³/mol. The number of hydrogen-bond donors (Lipinski definition) is 1. The van der Waals surface area contributed by atoms with Gasteiger partial charge in [-0.15, -0.1) is 0 Å². The van der Waals surface area contributed by atoms with E-state index in [9.17, 15) is 0 Å². The van der Waals surface area contributed by atoms with Crippen LogP contribution in [0.5, 0.6) is 0 Å². The first-order valence-corrected chi connectivity index (χ1v) is 3.88. The second kappa shape index (κ2) is 2.30. The highest BCUT2D eigenvalue weighted by atomic mass is 14.6. The summed E-state index contributed by atoms with van der Waals surface area (Å²) in [6, 6.07) is 0. The van der Waals surface area contributed by atoms with Gasteiger partial charge in [0.15, 0.2) is 0 Å². The first-order valence-electron chi connectivity index (χ1n) is 3.88. The lowest BCUT2D eigenvalue weighted by atomic mass is 10.1. The van der Waals surface area contributed by atoms with Gasteiger partial charge in [0, 0.05) is 0 Å². The molecule has 0 radical (unpaired) electrons. The van der Waals surface area contributed by atoms with Crippen LogP contribution in [0.3, 0.4) is 0 Å². The van der Waals surface area contributed by atoms with Crippen LogP contribution < -0.4 is 5.73 Å². The van der Waals surface area contributed by atoms with E-state index in [1.165, 1.54) is 0 Å². The monoisotopic (exact) mass is 127 g/mol. The van der Waals surface area contributed by atoms with Crippen LogP contribution in [0.25, 0.3) is 0 Å². The van der Waals surface area contributed by atoms with Crippen molar-refractivity contribution in [3.05, 3.63) is 0 Å². The predicted octanol–water partition coefficient (Wildman–Crippen LogP) is 1.48. The molecule has 0 aromatic rings. The van der Waals surface area contributed by atoms with E-state index in [1.54, 1.807) is 0 Å². The number of nitrogens with two attached hydrogens (primary N) is 1. The third-order valence-electron chi connectivity index (χ3n) is 2.68. The molecule has 1 heteroatoms. The van der Waals surface area contributed by atoms with Crippen molar-refractivity contribution in [3.8, 4) is 0 Å². The van der Waals surface area contributed by atoms with Gasteiger partial charge in [0.1, 0.15) is 0 Å². The van der Waals surface area contributed by atoms with E-state index in [0.29, 0.717) is 0 Å². The highest BCUT2D eigenvalue weighted by Gasteiger charge is 2.46. The smallest absolute Gasteiger partial charge is 0.00434 e. The first-order chi connectivity index (χ1) is 4.18. The van der Waals surface area contributed by atoms with Gasteiger partial charge in [-0.1, -0.05) is 20.8 Å². The quantitative estimate of drug-likeness (QED) is 0.597. The molecule has 2 N–H and O–H groups in total. The van der Waals surface area contributed by atoms with E-state index in [4.69, 9.17) is 5.73 Å². The molecule has 0 bridgehead atoms. The summed E-state index contributed by atoms with van der Waals surface area (Å²) < 4.78 is 0. The van der Waals surface area contributed by atoms with Crippen molar-refractivity contribution in [1.29, 1.82) is 0 Å². The third-order valence-corrected chi connectivity index (χ3v) is 2.68. The zero-order valence-corrected chi connectivity index (χ0v) is 6.59. The second-order valence-corrected chi connectivity index (χ2v) is 3.58. The molecule has 0 heterocycles. The molecule has 0 aromatic heterocycles. The summed E-state index contributed by atoms with van der Waals surface area (Å²) in [5, 5.41) is 0. The topological polar surface area (TPSA) is 26.0 Å². The van der Waals surface area contributed by atoms with E-state index >= 15 is 0 Å². The molecule has 3 unspecified atom stereocenters. The Hall–Kier alpha value is -0.0400. The summed E-state index contributed by atoms with van der Waals surface area (Å²) in [6.07, 6.45) is 0. The van der Waals surface area contributed by atoms with E-state index in [-0.39, 0.29) is 0 Å². The molecular formula is C8H17N. The summed E-state index contributed by atoms with van der Waals surface area (Å²) in [7, 11) is 0. The summed E-state index contributed by atoms with van der Waals surface area (Å²) >= 11 is 0. The number of rotatable bonds is 2. The molecule has 1 aliphatic rings. The molecule has 9 heavy (non-hydrogen) atoms. The average Bonchev–Trinajstić information content (AvgIpc) is 2.40. The Morgan fingerprint density at radius 1 is 1.44 bits per heavy atom. The normalized spacial score (nSPS) is 41.7. The van der Waals surface area contributed by atoms with Gasteiger partial charge in [0.05, 0.1) is 0 Å². The fourth-order valence-corrected chi connectivity index (χ4v) is 2.05. The van der Waals surface area contributed by atoms with Crippen LogP contribution in [0.2, 0.25) is 0 Å². The Bertz CT molecular complexity index is 98.7. The van der Waals surface area contributed by atoms with Gasteiger partial charge in [0.2, 0.25) is 0 Å². The Labute approximate surface area is 57.6 Å². The highest BCUT2D eigenvalue weighted by Crippen LogP contribution is 2.49.